The van der Waals surface area contributed by atoms with E-state index in [-0.39, 0.29) is 12.3 Å². The van der Waals surface area contributed by atoms with Crippen molar-refractivity contribution in [2.45, 2.75) is 32.1 Å². The maximum atomic E-state index is 12.7. The molecule has 2 aliphatic rings. The Labute approximate surface area is 167 Å². The van der Waals surface area contributed by atoms with Gasteiger partial charge in [-0.3, -0.25) is 4.79 Å². The van der Waals surface area contributed by atoms with Crippen molar-refractivity contribution in [1.82, 2.24) is 0 Å². The molecular weight excluding hydrogens is 378 g/mol. The number of furan rings is 1. The first-order valence-electron chi connectivity index (χ1n) is 9.58. The molecule has 2 aromatic carbocycles. The summed E-state index contributed by atoms with van der Waals surface area (Å²) in [5.74, 6) is 1.05. The number of fused-ring (bicyclic) bond motifs is 3. The van der Waals surface area contributed by atoms with Crippen LogP contribution in [0.25, 0.3) is 11.0 Å². The van der Waals surface area contributed by atoms with Crippen molar-refractivity contribution >= 4 is 34.2 Å². The van der Waals surface area contributed by atoms with Crippen LogP contribution in [-0.2, 0) is 24.1 Å². The summed E-state index contributed by atoms with van der Waals surface area (Å²) < 4.78 is 17.0. The second-order valence-corrected chi connectivity index (χ2v) is 7.69. The number of halogens is 1. The van der Waals surface area contributed by atoms with Crippen LogP contribution in [0.5, 0.6) is 11.5 Å². The van der Waals surface area contributed by atoms with E-state index in [0.29, 0.717) is 35.4 Å². The SMILES string of the molecule is O=C(Cc1coc2cc3c(cc12)CCC3)Nc1cc2c(cc1Cl)OCCCO2. The first kappa shape index (κ1) is 17.4. The maximum Gasteiger partial charge on any atom is 0.228 e. The van der Waals surface area contributed by atoms with Gasteiger partial charge in [0.1, 0.15) is 5.58 Å². The summed E-state index contributed by atoms with van der Waals surface area (Å²) in [5.41, 5.74) is 4.97. The quantitative estimate of drug-likeness (QED) is 0.681. The number of hydrogen-bond donors (Lipinski definition) is 1. The molecular formula is C22H20ClNO4. The van der Waals surface area contributed by atoms with Gasteiger partial charge >= 0.3 is 0 Å². The summed E-state index contributed by atoms with van der Waals surface area (Å²) in [5, 5.41) is 4.33. The standard InChI is InChI=1S/C22H20ClNO4/c23-17-10-20-21(27-6-2-5-26-20)11-18(17)24-22(25)9-15-12-28-19-8-14-4-1-3-13(14)7-16(15)19/h7-8,10-12H,1-6,9H2,(H,24,25). The molecule has 0 bridgehead atoms. The van der Waals surface area contributed by atoms with Gasteiger partial charge in [0.2, 0.25) is 5.91 Å². The van der Waals surface area contributed by atoms with Gasteiger partial charge in [-0.25, -0.2) is 0 Å². The lowest BCUT2D eigenvalue weighted by atomic mass is 10.0. The molecule has 3 aromatic rings. The highest BCUT2D eigenvalue weighted by Crippen LogP contribution is 2.38. The van der Waals surface area contributed by atoms with E-state index in [9.17, 15) is 4.79 Å². The van der Waals surface area contributed by atoms with E-state index in [1.54, 1.807) is 18.4 Å². The molecule has 2 heterocycles. The zero-order valence-corrected chi connectivity index (χ0v) is 16.1. The van der Waals surface area contributed by atoms with E-state index < -0.39 is 0 Å². The van der Waals surface area contributed by atoms with E-state index >= 15 is 0 Å². The third-order valence-electron chi connectivity index (χ3n) is 5.33. The second kappa shape index (κ2) is 7.06. The lowest BCUT2D eigenvalue weighted by Gasteiger charge is -2.12. The fourth-order valence-corrected chi connectivity index (χ4v) is 4.13. The van der Waals surface area contributed by atoms with Crippen molar-refractivity contribution in [3.63, 3.8) is 0 Å². The normalized spacial score (nSPS) is 15.3. The third-order valence-corrected chi connectivity index (χ3v) is 5.64. The average Bonchev–Trinajstić information content (AvgIpc) is 3.22. The summed E-state index contributed by atoms with van der Waals surface area (Å²) in [6.07, 6.45) is 6.08. The van der Waals surface area contributed by atoms with E-state index in [4.69, 9.17) is 25.5 Å². The van der Waals surface area contributed by atoms with Crippen LogP contribution in [0.2, 0.25) is 5.02 Å². The Hall–Kier alpha value is -2.66. The van der Waals surface area contributed by atoms with Crippen molar-refractivity contribution < 1.29 is 18.7 Å². The largest absolute Gasteiger partial charge is 0.490 e. The van der Waals surface area contributed by atoms with Gasteiger partial charge in [0.15, 0.2) is 11.5 Å². The Morgan fingerprint density at radius 3 is 2.57 bits per heavy atom. The molecule has 1 N–H and O–H groups in total. The Kier molecular flexibility index (Phi) is 4.40. The number of carbonyl (C=O) groups excluding carboxylic acids is 1. The molecule has 1 aliphatic carbocycles. The lowest BCUT2D eigenvalue weighted by molar-refractivity contribution is -0.115. The van der Waals surface area contributed by atoms with Gasteiger partial charge in [0.05, 0.1) is 36.6 Å². The summed E-state index contributed by atoms with van der Waals surface area (Å²) in [7, 11) is 0. The smallest absolute Gasteiger partial charge is 0.228 e. The van der Waals surface area contributed by atoms with Crippen molar-refractivity contribution in [3.05, 3.63) is 52.2 Å². The predicted molar refractivity (Wildman–Crippen MR) is 108 cm³/mol. The van der Waals surface area contributed by atoms with Crippen LogP contribution in [0, 0.1) is 0 Å². The first-order chi connectivity index (χ1) is 13.7. The van der Waals surface area contributed by atoms with Crippen LogP contribution in [0.15, 0.2) is 34.9 Å². The fourth-order valence-electron chi connectivity index (χ4n) is 3.93. The summed E-state index contributed by atoms with van der Waals surface area (Å²) in [6.45, 7) is 1.17. The number of anilines is 1. The van der Waals surface area contributed by atoms with E-state index in [0.717, 1.165) is 35.8 Å². The molecule has 0 radical (unpaired) electrons. The van der Waals surface area contributed by atoms with Crippen molar-refractivity contribution in [2.24, 2.45) is 0 Å². The Bertz CT molecular complexity index is 1070. The highest BCUT2D eigenvalue weighted by Gasteiger charge is 2.19. The minimum atomic E-state index is -0.153. The van der Waals surface area contributed by atoms with E-state index in [1.807, 2.05) is 0 Å². The Morgan fingerprint density at radius 1 is 1.00 bits per heavy atom. The molecule has 28 heavy (non-hydrogen) atoms. The monoisotopic (exact) mass is 397 g/mol. The molecule has 1 amide bonds. The van der Waals surface area contributed by atoms with Crippen LogP contribution in [0.4, 0.5) is 5.69 Å². The second-order valence-electron chi connectivity index (χ2n) is 7.29. The van der Waals surface area contributed by atoms with Crippen LogP contribution >= 0.6 is 11.6 Å². The molecule has 0 unspecified atom stereocenters. The van der Waals surface area contributed by atoms with Gasteiger partial charge in [-0.15, -0.1) is 0 Å². The van der Waals surface area contributed by atoms with Gasteiger partial charge in [-0.2, -0.15) is 0 Å². The average molecular weight is 398 g/mol. The number of nitrogens with one attached hydrogen (secondary N) is 1. The number of rotatable bonds is 3. The van der Waals surface area contributed by atoms with E-state index in [1.165, 1.54) is 17.5 Å². The molecule has 0 spiro atoms. The Morgan fingerprint density at radius 2 is 1.75 bits per heavy atom. The number of hydrogen-bond acceptors (Lipinski definition) is 4. The number of carbonyl (C=O) groups is 1. The molecule has 6 heteroatoms. The molecule has 0 fully saturated rings. The van der Waals surface area contributed by atoms with Gasteiger partial charge in [-0.1, -0.05) is 11.6 Å². The van der Waals surface area contributed by atoms with Gasteiger partial charge in [0.25, 0.3) is 0 Å². The molecule has 144 valence electrons. The topological polar surface area (TPSA) is 60.7 Å². The van der Waals surface area contributed by atoms with Crippen molar-refractivity contribution in [3.8, 4) is 11.5 Å². The van der Waals surface area contributed by atoms with Gasteiger partial charge in [-0.05, 0) is 42.5 Å². The molecule has 5 nitrogen and oxygen atoms in total. The molecule has 1 aromatic heterocycles. The lowest BCUT2D eigenvalue weighted by Crippen LogP contribution is -2.14. The highest BCUT2D eigenvalue weighted by molar-refractivity contribution is 6.34. The van der Waals surface area contributed by atoms with Crippen LogP contribution in [0.1, 0.15) is 29.5 Å². The first-order valence-corrected chi connectivity index (χ1v) is 9.96. The zero-order chi connectivity index (χ0) is 19.1. The number of benzene rings is 2. The Balaban J connectivity index is 1.37. The number of amides is 1. The van der Waals surface area contributed by atoms with Crippen molar-refractivity contribution in [2.75, 3.05) is 18.5 Å². The predicted octanol–water partition coefficient (Wildman–Crippen LogP) is 4.92. The maximum absolute atomic E-state index is 12.7. The van der Waals surface area contributed by atoms with Crippen molar-refractivity contribution in [1.29, 1.82) is 0 Å². The molecule has 0 saturated heterocycles. The minimum absolute atomic E-state index is 0.153. The van der Waals surface area contributed by atoms with Crippen LogP contribution in [0.3, 0.4) is 0 Å². The fraction of sp³-hybridized carbons (Fsp3) is 0.318. The zero-order valence-electron chi connectivity index (χ0n) is 15.3. The van der Waals surface area contributed by atoms with Crippen LogP contribution in [-0.4, -0.2) is 19.1 Å². The molecule has 0 saturated carbocycles. The number of aryl methyl sites for hydroxylation is 2. The van der Waals surface area contributed by atoms with E-state index in [2.05, 4.69) is 17.4 Å². The van der Waals surface area contributed by atoms with Crippen LogP contribution < -0.4 is 14.8 Å². The third kappa shape index (κ3) is 3.20. The van der Waals surface area contributed by atoms with Gasteiger partial charge < -0.3 is 19.2 Å². The minimum Gasteiger partial charge on any atom is -0.490 e. The summed E-state index contributed by atoms with van der Waals surface area (Å²) >= 11 is 6.33. The number of ether oxygens (including phenoxy) is 2. The molecule has 1 aliphatic heterocycles. The summed E-state index contributed by atoms with van der Waals surface area (Å²) in [4.78, 5) is 12.7. The highest BCUT2D eigenvalue weighted by atomic mass is 35.5. The summed E-state index contributed by atoms with van der Waals surface area (Å²) in [6, 6.07) is 7.69. The molecule has 0 atom stereocenters. The van der Waals surface area contributed by atoms with Gasteiger partial charge in [0, 0.05) is 29.5 Å². The molecule has 5 rings (SSSR count).